The summed E-state index contributed by atoms with van der Waals surface area (Å²) in [6.07, 6.45) is 3.55. The van der Waals surface area contributed by atoms with Gasteiger partial charge in [0.2, 0.25) is 0 Å². The Morgan fingerprint density at radius 3 is 2.06 bits per heavy atom. The zero-order valence-electron chi connectivity index (χ0n) is 9.74. The number of pyridine rings is 1. The molecule has 0 N–H and O–H groups in total. The maximum absolute atomic E-state index is 12.1. The third-order valence-electron chi connectivity index (χ3n) is 2.58. The van der Waals surface area contributed by atoms with Crippen molar-refractivity contribution in [1.29, 1.82) is 0 Å². The molecule has 0 aliphatic heterocycles. The van der Waals surface area contributed by atoms with Crippen LogP contribution in [0.25, 0.3) is 0 Å². The summed E-state index contributed by atoms with van der Waals surface area (Å²) in [7, 11) is 1.86. The minimum absolute atomic E-state index is 0.0222. The van der Waals surface area contributed by atoms with E-state index in [1.165, 1.54) is 24.3 Å². The number of non-ortho nitro benzene ring substituents is 1. The van der Waals surface area contributed by atoms with Gasteiger partial charge in [-0.1, -0.05) is 0 Å². The van der Waals surface area contributed by atoms with Crippen LogP contribution >= 0.6 is 0 Å². The first-order chi connectivity index (χ1) is 8.58. The summed E-state index contributed by atoms with van der Waals surface area (Å²) in [4.78, 5) is 22.1. The molecule has 0 saturated carbocycles. The van der Waals surface area contributed by atoms with Crippen molar-refractivity contribution in [3.8, 4) is 0 Å². The molecule has 0 bridgehead atoms. The van der Waals surface area contributed by atoms with E-state index in [0.717, 1.165) is 0 Å². The van der Waals surface area contributed by atoms with Gasteiger partial charge in [-0.25, -0.2) is 4.57 Å². The molecule has 0 radical (unpaired) electrons. The lowest BCUT2D eigenvalue weighted by atomic mass is 10.0. The molecule has 0 atom stereocenters. The predicted molar refractivity (Wildman–Crippen MR) is 64.1 cm³/mol. The zero-order chi connectivity index (χ0) is 13.1. The van der Waals surface area contributed by atoms with Crippen LogP contribution in [0.3, 0.4) is 0 Å². The van der Waals surface area contributed by atoms with Gasteiger partial charge in [0.1, 0.15) is 7.05 Å². The highest BCUT2D eigenvalue weighted by atomic mass is 16.6. The quantitative estimate of drug-likeness (QED) is 0.356. The molecule has 18 heavy (non-hydrogen) atoms. The van der Waals surface area contributed by atoms with Gasteiger partial charge < -0.3 is 0 Å². The molecule has 1 aromatic heterocycles. The number of nitro groups is 1. The number of aromatic nitrogens is 1. The Labute approximate surface area is 103 Å². The fourth-order valence-electron chi connectivity index (χ4n) is 1.55. The molecule has 1 heterocycles. The summed E-state index contributed by atoms with van der Waals surface area (Å²) < 4.78 is 1.83. The average molecular weight is 243 g/mol. The monoisotopic (exact) mass is 243 g/mol. The molecule has 0 spiro atoms. The van der Waals surface area contributed by atoms with Gasteiger partial charge in [-0.3, -0.25) is 14.9 Å². The van der Waals surface area contributed by atoms with Crippen LogP contribution in [0.15, 0.2) is 48.8 Å². The van der Waals surface area contributed by atoms with Crippen molar-refractivity contribution in [2.75, 3.05) is 0 Å². The highest BCUT2D eigenvalue weighted by Crippen LogP contribution is 2.14. The maximum Gasteiger partial charge on any atom is 0.269 e. The van der Waals surface area contributed by atoms with E-state index in [1.807, 2.05) is 11.6 Å². The molecule has 0 aliphatic carbocycles. The van der Waals surface area contributed by atoms with Crippen LogP contribution in [0.4, 0.5) is 5.69 Å². The minimum Gasteiger partial charge on any atom is -0.289 e. The van der Waals surface area contributed by atoms with Crippen molar-refractivity contribution in [1.82, 2.24) is 0 Å². The predicted octanol–water partition coefficient (Wildman–Crippen LogP) is 1.65. The van der Waals surface area contributed by atoms with Gasteiger partial charge in [0.25, 0.3) is 5.69 Å². The third-order valence-corrected chi connectivity index (χ3v) is 2.58. The van der Waals surface area contributed by atoms with Crippen molar-refractivity contribution >= 4 is 11.5 Å². The lowest BCUT2D eigenvalue weighted by Gasteiger charge is -1.99. The van der Waals surface area contributed by atoms with E-state index in [1.54, 1.807) is 24.5 Å². The van der Waals surface area contributed by atoms with E-state index >= 15 is 0 Å². The topological polar surface area (TPSA) is 64.1 Å². The first-order valence-corrected chi connectivity index (χ1v) is 5.32. The molecule has 90 valence electrons. The van der Waals surface area contributed by atoms with E-state index in [0.29, 0.717) is 11.1 Å². The molecular weight excluding hydrogens is 232 g/mol. The molecule has 5 heteroatoms. The van der Waals surface area contributed by atoms with E-state index in [-0.39, 0.29) is 11.5 Å². The summed E-state index contributed by atoms with van der Waals surface area (Å²) in [5, 5.41) is 10.5. The normalized spacial score (nSPS) is 10.1. The fraction of sp³-hybridized carbons (Fsp3) is 0.0769. The molecule has 0 fully saturated rings. The van der Waals surface area contributed by atoms with Gasteiger partial charge in [0.05, 0.1) is 4.92 Å². The highest BCUT2D eigenvalue weighted by Gasteiger charge is 2.12. The smallest absolute Gasteiger partial charge is 0.269 e. The Balaban J connectivity index is 2.28. The van der Waals surface area contributed by atoms with Gasteiger partial charge in [0.15, 0.2) is 18.2 Å². The first-order valence-electron chi connectivity index (χ1n) is 5.32. The Bertz CT molecular complexity index is 589. The Hall–Kier alpha value is -2.56. The van der Waals surface area contributed by atoms with Crippen LogP contribution in [-0.2, 0) is 7.05 Å². The minimum atomic E-state index is -0.489. The van der Waals surface area contributed by atoms with Crippen molar-refractivity contribution in [3.05, 3.63) is 70.0 Å². The number of ketones is 1. The number of benzene rings is 1. The van der Waals surface area contributed by atoms with Crippen molar-refractivity contribution in [2.24, 2.45) is 7.05 Å². The van der Waals surface area contributed by atoms with Crippen molar-refractivity contribution in [3.63, 3.8) is 0 Å². The van der Waals surface area contributed by atoms with Crippen LogP contribution in [0.5, 0.6) is 0 Å². The molecule has 0 unspecified atom stereocenters. The maximum atomic E-state index is 12.1. The number of hydrogen-bond donors (Lipinski definition) is 0. The van der Waals surface area contributed by atoms with E-state index in [2.05, 4.69) is 0 Å². The molecule has 2 aromatic rings. The van der Waals surface area contributed by atoms with Crippen LogP contribution in [0.1, 0.15) is 15.9 Å². The van der Waals surface area contributed by atoms with Crippen molar-refractivity contribution < 1.29 is 14.3 Å². The largest absolute Gasteiger partial charge is 0.289 e. The van der Waals surface area contributed by atoms with Crippen LogP contribution in [0, 0.1) is 10.1 Å². The molecule has 2 rings (SSSR count). The fourth-order valence-corrected chi connectivity index (χ4v) is 1.55. The molecular formula is C13H11N2O3+. The molecule has 5 nitrogen and oxygen atoms in total. The average Bonchev–Trinajstić information content (AvgIpc) is 2.39. The van der Waals surface area contributed by atoms with E-state index < -0.39 is 4.92 Å². The SMILES string of the molecule is C[n+]1ccc(C(=O)c2ccc([N+](=O)[O-])cc2)cc1. The van der Waals surface area contributed by atoms with Crippen LogP contribution < -0.4 is 4.57 Å². The lowest BCUT2D eigenvalue weighted by Crippen LogP contribution is -2.26. The summed E-state index contributed by atoms with van der Waals surface area (Å²) in [5.74, 6) is -0.148. The van der Waals surface area contributed by atoms with Gasteiger partial charge in [-0.2, -0.15) is 0 Å². The zero-order valence-corrected chi connectivity index (χ0v) is 9.74. The van der Waals surface area contributed by atoms with Gasteiger partial charge >= 0.3 is 0 Å². The molecule has 0 amide bonds. The Morgan fingerprint density at radius 1 is 1.06 bits per heavy atom. The second-order valence-corrected chi connectivity index (χ2v) is 3.89. The number of nitrogens with zero attached hydrogens (tertiary/aromatic N) is 2. The Morgan fingerprint density at radius 2 is 1.56 bits per heavy atom. The highest BCUT2D eigenvalue weighted by molar-refractivity contribution is 6.08. The van der Waals surface area contributed by atoms with E-state index in [4.69, 9.17) is 0 Å². The summed E-state index contributed by atoms with van der Waals surface area (Å²) in [5.41, 5.74) is 0.974. The number of carbonyl (C=O) groups is 1. The number of nitro benzene ring substituents is 1. The second-order valence-electron chi connectivity index (χ2n) is 3.89. The number of hydrogen-bond acceptors (Lipinski definition) is 3. The van der Waals surface area contributed by atoms with Gasteiger partial charge in [0, 0.05) is 35.4 Å². The van der Waals surface area contributed by atoms with Crippen LogP contribution in [-0.4, -0.2) is 10.7 Å². The second kappa shape index (κ2) is 4.75. The third kappa shape index (κ3) is 2.40. The van der Waals surface area contributed by atoms with Gasteiger partial charge in [-0.05, 0) is 12.1 Å². The summed E-state index contributed by atoms with van der Waals surface area (Å²) in [6, 6.07) is 9.01. The molecule has 1 aromatic carbocycles. The van der Waals surface area contributed by atoms with Gasteiger partial charge in [-0.15, -0.1) is 0 Å². The standard InChI is InChI=1S/C13H11N2O3/c1-14-8-6-11(7-9-14)13(16)10-2-4-12(5-3-10)15(17)18/h2-9H,1H3/q+1. The number of aryl methyl sites for hydroxylation is 1. The van der Waals surface area contributed by atoms with Crippen molar-refractivity contribution in [2.45, 2.75) is 0 Å². The summed E-state index contributed by atoms with van der Waals surface area (Å²) in [6.45, 7) is 0. The molecule has 0 aliphatic rings. The lowest BCUT2D eigenvalue weighted by molar-refractivity contribution is -0.671. The number of rotatable bonds is 3. The first kappa shape index (κ1) is 11.9. The van der Waals surface area contributed by atoms with E-state index in [9.17, 15) is 14.9 Å². The molecule has 0 saturated heterocycles. The van der Waals surface area contributed by atoms with Crippen LogP contribution in [0.2, 0.25) is 0 Å². The summed E-state index contributed by atoms with van der Waals surface area (Å²) >= 11 is 0. The Kier molecular flexibility index (Phi) is 3.14. The number of carbonyl (C=O) groups excluding carboxylic acids is 1.